The molecule has 0 unspecified atom stereocenters. The van der Waals surface area contributed by atoms with Gasteiger partial charge < -0.3 is 9.47 Å². The molecule has 64 valence electrons. The van der Waals surface area contributed by atoms with Gasteiger partial charge in [-0.05, 0) is 13.8 Å². The highest BCUT2D eigenvalue weighted by Crippen LogP contribution is 1.86. The van der Waals surface area contributed by atoms with Crippen molar-refractivity contribution in [2.75, 3.05) is 13.2 Å². The van der Waals surface area contributed by atoms with Gasteiger partial charge in [-0.25, -0.2) is 0 Å². The molecular weight excluding hydrogens is 140 g/mol. The van der Waals surface area contributed by atoms with E-state index in [0.29, 0.717) is 0 Å². The molecule has 0 aliphatic carbocycles. The Hall–Kier alpha value is -0.920. The fourth-order valence-electron chi connectivity index (χ4n) is 0.554. The lowest BCUT2D eigenvalue weighted by molar-refractivity contribution is 0.184. The van der Waals surface area contributed by atoms with Crippen molar-refractivity contribution in [2.45, 2.75) is 20.3 Å². The second-order valence-corrected chi connectivity index (χ2v) is 2.03. The van der Waals surface area contributed by atoms with E-state index in [-0.39, 0.29) is 0 Å². The van der Waals surface area contributed by atoms with Crippen LogP contribution in [0.5, 0.6) is 0 Å². The molecule has 0 amide bonds. The van der Waals surface area contributed by atoms with Crippen LogP contribution in [0, 0.1) is 0 Å². The maximum absolute atomic E-state index is 5.08. The number of allylic oxidation sites excluding steroid dienone is 2. The summed E-state index contributed by atoms with van der Waals surface area (Å²) in [5.74, 6) is 0. The Morgan fingerprint density at radius 1 is 0.909 bits per heavy atom. The Balaban J connectivity index is 2.90. The summed E-state index contributed by atoms with van der Waals surface area (Å²) in [5, 5.41) is 0. The molecule has 0 radical (unpaired) electrons. The summed E-state index contributed by atoms with van der Waals surface area (Å²) in [7, 11) is 0. The molecular formula is C9H16O2. The first-order chi connectivity index (χ1) is 5.41. The maximum Gasteiger partial charge on any atom is 0.0905 e. The molecule has 0 aromatic rings. The highest BCUT2D eigenvalue weighted by Gasteiger charge is 1.83. The Bertz CT molecular complexity index is 103. The van der Waals surface area contributed by atoms with Crippen molar-refractivity contribution in [1.29, 1.82) is 0 Å². The van der Waals surface area contributed by atoms with E-state index in [0.717, 1.165) is 19.6 Å². The summed E-state index contributed by atoms with van der Waals surface area (Å²) < 4.78 is 10.2. The third-order valence-corrected chi connectivity index (χ3v) is 0.989. The molecule has 0 spiro atoms. The van der Waals surface area contributed by atoms with Gasteiger partial charge in [0.05, 0.1) is 25.7 Å². The first kappa shape index (κ1) is 10.1. The minimum absolute atomic E-state index is 0.724. The van der Waals surface area contributed by atoms with Crippen LogP contribution in [0.3, 0.4) is 0 Å². The molecule has 0 heterocycles. The molecule has 2 heteroatoms. The average molecular weight is 156 g/mol. The fourth-order valence-corrected chi connectivity index (χ4v) is 0.554. The topological polar surface area (TPSA) is 18.5 Å². The molecule has 0 aromatic heterocycles. The van der Waals surface area contributed by atoms with E-state index in [2.05, 4.69) is 0 Å². The van der Waals surface area contributed by atoms with Gasteiger partial charge >= 0.3 is 0 Å². The van der Waals surface area contributed by atoms with Crippen molar-refractivity contribution in [2.24, 2.45) is 0 Å². The second-order valence-electron chi connectivity index (χ2n) is 2.03. The smallest absolute Gasteiger partial charge is 0.0905 e. The summed E-state index contributed by atoms with van der Waals surface area (Å²) in [6.07, 6.45) is 8.04. The van der Waals surface area contributed by atoms with Gasteiger partial charge in [-0.3, -0.25) is 0 Å². The van der Waals surface area contributed by atoms with E-state index in [1.807, 2.05) is 26.0 Å². The fraction of sp³-hybridized carbons (Fsp3) is 0.556. The third kappa shape index (κ3) is 9.08. The predicted octanol–water partition coefficient (Wildman–Crippen LogP) is 2.48. The lowest BCUT2D eigenvalue weighted by Gasteiger charge is -2.00. The molecule has 0 saturated heterocycles. The van der Waals surface area contributed by atoms with Crippen LogP contribution in [0.15, 0.2) is 24.7 Å². The molecule has 0 saturated carbocycles. The van der Waals surface area contributed by atoms with Gasteiger partial charge in [0.25, 0.3) is 0 Å². The highest BCUT2D eigenvalue weighted by atomic mass is 16.5. The van der Waals surface area contributed by atoms with Crippen molar-refractivity contribution >= 4 is 0 Å². The van der Waals surface area contributed by atoms with Crippen LogP contribution >= 0.6 is 0 Å². The van der Waals surface area contributed by atoms with Gasteiger partial charge in [-0.15, -0.1) is 0 Å². The molecule has 0 aromatic carbocycles. The molecule has 0 fully saturated rings. The third-order valence-electron chi connectivity index (χ3n) is 0.989. The van der Waals surface area contributed by atoms with Crippen LogP contribution in [-0.4, -0.2) is 13.2 Å². The van der Waals surface area contributed by atoms with Crippen LogP contribution in [0.2, 0.25) is 0 Å². The van der Waals surface area contributed by atoms with Gasteiger partial charge in [0, 0.05) is 6.42 Å². The monoisotopic (exact) mass is 156 g/mol. The molecule has 11 heavy (non-hydrogen) atoms. The Labute approximate surface area is 68.5 Å². The van der Waals surface area contributed by atoms with Crippen LogP contribution in [0.4, 0.5) is 0 Å². The molecule has 0 N–H and O–H groups in total. The second kappa shape index (κ2) is 9.08. The minimum atomic E-state index is 0.724. The standard InChI is InChI=1S/C9H16O2/c1-3-6-10-8-5-9-11-7-4-2/h3-4,6-7H,5,8-9H2,1-2H3. The number of ether oxygens (including phenoxy) is 2. The largest absolute Gasteiger partial charge is 0.501 e. The zero-order valence-electron chi connectivity index (χ0n) is 7.25. The van der Waals surface area contributed by atoms with Crippen molar-refractivity contribution in [3.8, 4) is 0 Å². The Morgan fingerprint density at radius 2 is 1.36 bits per heavy atom. The summed E-state index contributed by atoms with van der Waals surface area (Å²) in [5.41, 5.74) is 0. The van der Waals surface area contributed by atoms with Gasteiger partial charge in [0.1, 0.15) is 0 Å². The van der Waals surface area contributed by atoms with E-state index in [1.165, 1.54) is 0 Å². The van der Waals surface area contributed by atoms with Crippen molar-refractivity contribution < 1.29 is 9.47 Å². The van der Waals surface area contributed by atoms with Crippen molar-refractivity contribution in [3.63, 3.8) is 0 Å². The quantitative estimate of drug-likeness (QED) is 0.434. The molecule has 0 aliphatic heterocycles. The molecule has 2 nitrogen and oxygen atoms in total. The number of hydrogen-bond acceptors (Lipinski definition) is 2. The number of rotatable bonds is 6. The van der Waals surface area contributed by atoms with Crippen LogP contribution < -0.4 is 0 Å². The van der Waals surface area contributed by atoms with Crippen LogP contribution in [-0.2, 0) is 9.47 Å². The molecule has 0 atom stereocenters. The minimum Gasteiger partial charge on any atom is -0.501 e. The molecule has 0 aliphatic rings. The van der Waals surface area contributed by atoms with E-state index >= 15 is 0 Å². The summed E-state index contributed by atoms with van der Waals surface area (Å²) in [4.78, 5) is 0. The Kier molecular flexibility index (Phi) is 8.32. The average Bonchev–Trinajstić information content (AvgIpc) is 2.03. The van der Waals surface area contributed by atoms with E-state index < -0.39 is 0 Å². The van der Waals surface area contributed by atoms with Gasteiger partial charge in [-0.1, -0.05) is 12.2 Å². The van der Waals surface area contributed by atoms with Crippen LogP contribution in [0.25, 0.3) is 0 Å². The molecule has 0 bridgehead atoms. The lowest BCUT2D eigenvalue weighted by Crippen LogP contribution is -1.93. The highest BCUT2D eigenvalue weighted by molar-refractivity contribution is 4.66. The Morgan fingerprint density at radius 3 is 1.73 bits per heavy atom. The normalized spacial score (nSPS) is 11.1. The van der Waals surface area contributed by atoms with Crippen LogP contribution in [0.1, 0.15) is 20.3 Å². The van der Waals surface area contributed by atoms with Crippen molar-refractivity contribution in [3.05, 3.63) is 24.7 Å². The predicted molar refractivity (Wildman–Crippen MR) is 46.1 cm³/mol. The maximum atomic E-state index is 5.08. The SMILES string of the molecule is CC=COCCCOC=CC. The van der Waals surface area contributed by atoms with Gasteiger partial charge in [0.2, 0.25) is 0 Å². The summed E-state index contributed by atoms with van der Waals surface area (Å²) >= 11 is 0. The van der Waals surface area contributed by atoms with E-state index in [9.17, 15) is 0 Å². The zero-order chi connectivity index (χ0) is 8.36. The molecule has 0 rings (SSSR count). The van der Waals surface area contributed by atoms with E-state index in [4.69, 9.17) is 9.47 Å². The summed E-state index contributed by atoms with van der Waals surface area (Å²) in [6.45, 7) is 5.30. The zero-order valence-corrected chi connectivity index (χ0v) is 7.25. The summed E-state index contributed by atoms with van der Waals surface area (Å²) in [6, 6.07) is 0. The van der Waals surface area contributed by atoms with Crippen molar-refractivity contribution in [1.82, 2.24) is 0 Å². The van der Waals surface area contributed by atoms with Gasteiger partial charge in [0.15, 0.2) is 0 Å². The van der Waals surface area contributed by atoms with E-state index in [1.54, 1.807) is 12.5 Å². The van der Waals surface area contributed by atoms with Gasteiger partial charge in [-0.2, -0.15) is 0 Å². The lowest BCUT2D eigenvalue weighted by atomic mass is 10.5. The first-order valence-corrected chi connectivity index (χ1v) is 3.87. The first-order valence-electron chi connectivity index (χ1n) is 3.87. The number of hydrogen-bond donors (Lipinski definition) is 0.